The number of alkyl halides is 2. The quantitative estimate of drug-likeness (QED) is 0.712. The Morgan fingerprint density at radius 2 is 1.86 bits per heavy atom. The van der Waals surface area contributed by atoms with Crippen LogP contribution < -0.4 is 5.32 Å². The van der Waals surface area contributed by atoms with E-state index in [1.54, 1.807) is 18.2 Å². The van der Waals surface area contributed by atoms with Gasteiger partial charge in [0.05, 0.1) is 0 Å². The Morgan fingerprint density at radius 1 is 1.05 bits per heavy atom. The summed E-state index contributed by atoms with van der Waals surface area (Å²) in [6, 6.07) is 11.8. The van der Waals surface area contributed by atoms with Crippen LogP contribution in [0.3, 0.4) is 0 Å². The van der Waals surface area contributed by atoms with Crippen molar-refractivity contribution < 1.29 is 8.78 Å². The fourth-order valence-corrected chi connectivity index (χ4v) is 2.52. The van der Waals surface area contributed by atoms with Crippen LogP contribution in [-0.2, 0) is 13.0 Å². The molecule has 112 valence electrons. The molecule has 0 atom stereocenters. The Labute approximate surface area is 132 Å². The lowest BCUT2D eigenvalue weighted by atomic mass is 10.1. The number of hydrogen-bond acceptors (Lipinski definition) is 1. The van der Waals surface area contributed by atoms with Gasteiger partial charge in [0, 0.05) is 22.2 Å². The van der Waals surface area contributed by atoms with Gasteiger partial charge in [-0.05, 0) is 42.3 Å². The van der Waals surface area contributed by atoms with Crippen molar-refractivity contribution in [1.29, 1.82) is 0 Å². The fourth-order valence-electron chi connectivity index (χ4n) is 2.02. The van der Waals surface area contributed by atoms with Gasteiger partial charge in [0.1, 0.15) is 0 Å². The molecule has 2 aromatic carbocycles. The molecule has 0 unspecified atom stereocenters. The van der Waals surface area contributed by atoms with Crippen molar-refractivity contribution in [1.82, 2.24) is 5.32 Å². The Morgan fingerprint density at radius 3 is 2.57 bits per heavy atom. The highest BCUT2D eigenvalue weighted by Gasteiger charge is 2.06. The first kappa shape index (κ1) is 16.2. The molecular weight excluding hydrogens is 315 g/mol. The predicted molar refractivity (Wildman–Crippen MR) is 83.3 cm³/mol. The first-order valence-electron chi connectivity index (χ1n) is 6.58. The van der Waals surface area contributed by atoms with E-state index in [0.717, 1.165) is 17.5 Å². The van der Waals surface area contributed by atoms with Crippen molar-refractivity contribution in [2.75, 3.05) is 6.54 Å². The molecule has 0 fully saturated rings. The van der Waals surface area contributed by atoms with Crippen molar-refractivity contribution in [2.45, 2.75) is 19.4 Å². The molecule has 0 heterocycles. The van der Waals surface area contributed by atoms with Gasteiger partial charge >= 0.3 is 0 Å². The molecule has 0 radical (unpaired) electrons. The van der Waals surface area contributed by atoms with Gasteiger partial charge in [0.15, 0.2) is 0 Å². The number of rotatable bonds is 6. The Balaban J connectivity index is 1.83. The average molecular weight is 330 g/mol. The summed E-state index contributed by atoms with van der Waals surface area (Å²) in [5.74, 6) is 0. The van der Waals surface area contributed by atoms with Crippen LogP contribution in [0.4, 0.5) is 8.78 Å². The topological polar surface area (TPSA) is 12.0 Å². The SMILES string of the molecule is FC(F)c1cccc(CNCCc2ccc(Cl)cc2Cl)c1. The van der Waals surface area contributed by atoms with Crippen molar-refractivity contribution in [2.24, 2.45) is 0 Å². The standard InChI is InChI=1S/C16H15Cl2F2N/c17-14-5-4-12(15(18)9-14)6-7-21-10-11-2-1-3-13(8-11)16(19)20/h1-5,8-9,16,21H,6-7,10H2. The van der Waals surface area contributed by atoms with Gasteiger partial charge < -0.3 is 5.32 Å². The first-order valence-corrected chi connectivity index (χ1v) is 7.33. The molecule has 0 aliphatic carbocycles. The van der Waals surface area contributed by atoms with Crippen LogP contribution in [-0.4, -0.2) is 6.54 Å². The van der Waals surface area contributed by atoms with Crippen LogP contribution in [0, 0.1) is 0 Å². The number of nitrogens with one attached hydrogen (secondary N) is 1. The maximum absolute atomic E-state index is 12.6. The minimum absolute atomic E-state index is 0.0510. The molecule has 2 rings (SSSR count). The second kappa shape index (κ2) is 7.74. The van der Waals surface area contributed by atoms with Crippen LogP contribution in [0.15, 0.2) is 42.5 Å². The summed E-state index contributed by atoms with van der Waals surface area (Å²) in [6.45, 7) is 1.26. The number of hydrogen-bond donors (Lipinski definition) is 1. The molecule has 0 amide bonds. The lowest BCUT2D eigenvalue weighted by Gasteiger charge is -2.08. The Hall–Kier alpha value is -1.16. The van der Waals surface area contributed by atoms with Crippen LogP contribution in [0.25, 0.3) is 0 Å². The van der Waals surface area contributed by atoms with E-state index in [1.807, 2.05) is 12.1 Å². The fraction of sp³-hybridized carbons (Fsp3) is 0.250. The monoisotopic (exact) mass is 329 g/mol. The Bertz CT molecular complexity index is 603. The second-order valence-corrected chi connectivity index (χ2v) is 5.55. The largest absolute Gasteiger partial charge is 0.312 e. The van der Waals surface area contributed by atoms with Crippen molar-refractivity contribution in [3.05, 3.63) is 69.2 Å². The van der Waals surface area contributed by atoms with Crippen LogP contribution >= 0.6 is 23.2 Å². The molecule has 0 aliphatic heterocycles. The van der Waals surface area contributed by atoms with Gasteiger partial charge in [-0.25, -0.2) is 8.78 Å². The molecule has 0 bridgehead atoms. The minimum atomic E-state index is -2.43. The maximum atomic E-state index is 12.6. The highest BCUT2D eigenvalue weighted by Crippen LogP contribution is 2.21. The minimum Gasteiger partial charge on any atom is -0.312 e. The maximum Gasteiger partial charge on any atom is 0.263 e. The summed E-state index contributed by atoms with van der Waals surface area (Å²) in [6.07, 6.45) is -1.68. The van der Waals surface area contributed by atoms with Crippen LogP contribution in [0.5, 0.6) is 0 Å². The van der Waals surface area contributed by atoms with E-state index < -0.39 is 6.43 Å². The smallest absolute Gasteiger partial charge is 0.263 e. The van der Waals surface area contributed by atoms with E-state index in [2.05, 4.69) is 5.32 Å². The zero-order chi connectivity index (χ0) is 15.2. The summed E-state index contributed by atoms with van der Waals surface area (Å²) in [7, 11) is 0. The molecule has 0 spiro atoms. The first-order chi connectivity index (χ1) is 10.1. The van der Waals surface area contributed by atoms with Crippen molar-refractivity contribution in [3.63, 3.8) is 0 Å². The third kappa shape index (κ3) is 4.95. The van der Waals surface area contributed by atoms with E-state index in [1.165, 1.54) is 12.1 Å². The third-order valence-electron chi connectivity index (χ3n) is 3.12. The van der Waals surface area contributed by atoms with Crippen molar-refractivity contribution >= 4 is 23.2 Å². The van der Waals surface area contributed by atoms with Crippen LogP contribution in [0.1, 0.15) is 23.1 Å². The molecule has 21 heavy (non-hydrogen) atoms. The summed E-state index contributed by atoms with van der Waals surface area (Å²) in [5, 5.41) is 4.48. The molecule has 0 saturated carbocycles. The number of benzene rings is 2. The van der Waals surface area contributed by atoms with Gasteiger partial charge in [-0.3, -0.25) is 0 Å². The van der Waals surface area contributed by atoms with Gasteiger partial charge in [-0.15, -0.1) is 0 Å². The molecule has 0 saturated heterocycles. The zero-order valence-electron chi connectivity index (χ0n) is 11.3. The molecule has 1 N–H and O–H groups in total. The lowest BCUT2D eigenvalue weighted by molar-refractivity contribution is 0.151. The molecule has 5 heteroatoms. The summed E-state index contributed by atoms with van der Waals surface area (Å²) in [5.41, 5.74) is 1.90. The lowest BCUT2D eigenvalue weighted by Crippen LogP contribution is -2.16. The van der Waals surface area contributed by atoms with Crippen LogP contribution in [0.2, 0.25) is 10.0 Å². The van der Waals surface area contributed by atoms with E-state index in [4.69, 9.17) is 23.2 Å². The molecule has 0 aromatic heterocycles. The predicted octanol–water partition coefficient (Wildman–Crippen LogP) is 5.26. The second-order valence-electron chi connectivity index (χ2n) is 4.71. The zero-order valence-corrected chi connectivity index (χ0v) is 12.8. The third-order valence-corrected chi connectivity index (χ3v) is 3.71. The van der Waals surface area contributed by atoms with E-state index >= 15 is 0 Å². The van der Waals surface area contributed by atoms with Gasteiger partial charge in [0.2, 0.25) is 0 Å². The Kier molecular flexibility index (Phi) is 5.97. The van der Waals surface area contributed by atoms with Gasteiger partial charge in [-0.2, -0.15) is 0 Å². The normalized spacial score (nSPS) is 11.1. The molecule has 0 aliphatic rings. The molecule has 1 nitrogen and oxygen atoms in total. The number of halogens is 4. The average Bonchev–Trinajstić information content (AvgIpc) is 2.45. The summed E-state index contributed by atoms with van der Waals surface area (Å²) >= 11 is 11.9. The summed E-state index contributed by atoms with van der Waals surface area (Å²) < 4.78 is 25.2. The molecular formula is C16H15Cl2F2N. The molecule has 2 aromatic rings. The van der Waals surface area contributed by atoms with E-state index in [0.29, 0.717) is 23.1 Å². The summed E-state index contributed by atoms with van der Waals surface area (Å²) in [4.78, 5) is 0. The van der Waals surface area contributed by atoms with Gasteiger partial charge in [-0.1, -0.05) is 47.5 Å². The van der Waals surface area contributed by atoms with Crippen molar-refractivity contribution in [3.8, 4) is 0 Å². The van der Waals surface area contributed by atoms with E-state index in [-0.39, 0.29) is 5.56 Å². The highest BCUT2D eigenvalue weighted by atomic mass is 35.5. The van der Waals surface area contributed by atoms with Gasteiger partial charge in [0.25, 0.3) is 6.43 Å². The van der Waals surface area contributed by atoms with E-state index in [9.17, 15) is 8.78 Å². The highest BCUT2D eigenvalue weighted by molar-refractivity contribution is 6.35.